The molecule has 1 amide bonds. The molecule has 2 fully saturated rings. The van der Waals surface area contributed by atoms with Crippen LogP contribution in [0.25, 0.3) is 0 Å². The predicted octanol–water partition coefficient (Wildman–Crippen LogP) is 3.55. The second-order valence-electron chi connectivity index (χ2n) is 7.67. The van der Waals surface area contributed by atoms with E-state index in [0.29, 0.717) is 23.6 Å². The van der Waals surface area contributed by atoms with E-state index in [1.165, 1.54) is 11.1 Å². The van der Waals surface area contributed by atoms with Gasteiger partial charge in [-0.05, 0) is 44.9 Å². The van der Waals surface area contributed by atoms with Crippen LogP contribution in [0, 0.1) is 32.6 Å². The van der Waals surface area contributed by atoms with Gasteiger partial charge in [-0.1, -0.05) is 24.3 Å². The summed E-state index contributed by atoms with van der Waals surface area (Å²) in [5.41, 5.74) is 4.19. The van der Waals surface area contributed by atoms with Crippen LogP contribution in [0.1, 0.15) is 39.2 Å². The van der Waals surface area contributed by atoms with Gasteiger partial charge in [0.1, 0.15) is 11.5 Å². The van der Waals surface area contributed by atoms with Crippen LogP contribution in [0.15, 0.2) is 24.3 Å². The largest absolute Gasteiger partial charge is 0.346 e. The van der Waals surface area contributed by atoms with Crippen molar-refractivity contribution >= 4 is 30.7 Å². The highest BCUT2D eigenvalue weighted by atomic mass is 35.5. The minimum absolute atomic E-state index is 0. The average molecular weight is 411 g/mol. The molecule has 0 unspecified atom stereocenters. The van der Waals surface area contributed by atoms with Crippen molar-refractivity contribution in [1.29, 1.82) is 0 Å². The van der Waals surface area contributed by atoms with E-state index < -0.39 is 0 Å². The van der Waals surface area contributed by atoms with Crippen LogP contribution in [0.5, 0.6) is 0 Å². The number of halogens is 2. The van der Waals surface area contributed by atoms with E-state index in [9.17, 15) is 4.79 Å². The normalized spacial score (nSPS) is 24.3. The molecule has 7 heteroatoms. The molecule has 2 aliphatic rings. The van der Waals surface area contributed by atoms with Crippen LogP contribution < -0.4 is 0 Å². The number of H-pyrrole nitrogens is 1. The zero-order valence-electron chi connectivity index (χ0n) is 16.2. The summed E-state index contributed by atoms with van der Waals surface area (Å²) in [6.07, 6.45) is 0. The van der Waals surface area contributed by atoms with Gasteiger partial charge in [-0.25, -0.2) is 4.98 Å². The third kappa shape index (κ3) is 3.73. The minimum atomic E-state index is 0. The molecule has 0 bridgehead atoms. The number of benzene rings is 1. The number of amides is 1. The molecule has 4 rings (SSSR count). The first-order chi connectivity index (χ1) is 12.0. The van der Waals surface area contributed by atoms with Crippen molar-refractivity contribution < 1.29 is 4.79 Å². The van der Waals surface area contributed by atoms with Crippen molar-refractivity contribution in [2.45, 2.75) is 26.8 Å². The Morgan fingerprint density at radius 2 is 1.81 bits per heavy atom. The smallest absolute Gasteiger partial charge is 0.274 e. The van der Waals surface area contributed by atoms with Crippen LogP contribution in [0.4, 0.5) is 0 Å². The molecule has 1 aromatic heterocycles. The van der Waals surface area contributed by atoms with E-state index in [-0.39, 0.29) is 30.7 Å². The Kier molecular flexibility index (Phi) is 6.61. The molecule has 2 saturated heterocycles. The number of carbonyl (C=O) groups excluding carboxylic acids is 1. The number of carbonyl (C=O) groups is 1. The van der Waals surface area contributed by atoms with Crippen LogP contribution >= 0.6 is 24.8 Å². The van der Waals surface area contributed by atoms with Crippen molar-refractivity contribution in [3.05, 3.63) is 52.6 Å². The van der Waals surface area contributed by atoms with Crippen molar-refractivity contribution in [2.24, 2.45) is 11.8 Å². The molecule has 5 nitrogen and oxygen atoms in total. The maximum atomic E-state index is 12.9. The standard InChI is InChI=1S/C20H26N4O.2ClH/c1-12-7-5-6-8-16(12)19-17-11-24(10-15(17)9-23(19)4)20(25)18-13(2)21-14(3)22-18;;/h5-8,15,17,19H,9-11H2,1-4H3,(H,21,22);2*1H/t15-,17+,19-;;/m0../s1. The number of aromatic nitrogens is 2. The van der Waals surface area contributed by atoms with E-state index in [1.54, 1.807) is 0 Å². The SMILES string of the molecule is Cc1nc(C(=O)N2C[C@@H]3CN(C)[C@@H](c4ccccc4C)[C@@H]3C2)c(C)[nH]1.Cl.Cl. The van der Waals surface area contributed by atoms with E-state index in [4.69, 9.17) is 0 Å². The number of aryl methyl sites for hydroxylation is 3. The molecule has 0 saturated carbocycles. The third-order valence-corrected chi connectivity index (χ3v) is 5.89. The first-order valence-corrected chi connectivity index (χ1v) is 9.04. The number of fused-ring (bicyclic) bond motifs is 1. The monoisotopic (exact) mass is 410 g/mol. The van der Waals surface area contributed by atoms with Gasteiger partial charge < -0.3 is 9.88 Å². The predicted molar refractivity (Wildman–Crippen MR) is 112 cm³/mol. The van der Waals surface area contributed by atoms with Gasteiger partial charge in [0.05, 0.1) is 0 Å². The highest BCUT2D eigenvalue weighted by Gasteiger charge is 2.47. The summed E-state index contributed by atoms with van der Waals surface area (Å²) in [7, 11) is 2.21. The molecule has 2 aromatic rings. The molecule has 2 aliphatic heterocycles. The Hall–Kier alpha value is -1.56. The molecule has 0 spiro atoms. The molecule has 3 heterocycles. The summed E-state index contributed by atoms with van der Waals surface area (Å²) in [5, 5.41) is 0. The quantitative estimate of drug-likeness (QED) is 0.823. The Balaban J connectivity index is 0.00000131. The fourth-order valence-corrected chi connectivity index (χ4v) is 4.78. The average Bonchev–Trinajstić information content (AvgIpc) is 3.20. The van der Waals surface area contributed by atoms with Crippen molar-refractivity contribution in [3.8, 4) is 0 Å². The van der Waals surface area contributed by atoms with Crippen LogP contribution in [0.2, 0.25) is 0 Å². The van der Waals surface area contributed by atoms with Gasteiger partial charge in [-0.15, -0.1) is 24.8 Å². The van der Waals surface area contributed by atoms with Crippen molar-refractivity contribution in [2.75, 3.05) is 26.7 Å². The Morgan fingerprint density at radius 1 is 1.11 bits per heavy atom. The first-order valence-electron chi connectivity index (χ1n) is 9.04. The molecule has 148 valence electrons. The van der Waals surface area contributed by atoms with Gasteiger partial charge in [0, 0.05) is 37.3 Å². The van der Waals surface area contributed by atoms with Crippen LogP contribution in [0.3, 0.4) is 0 Å². The zero-order valence-corrected chi connectivity index (χ0v) is 17.9. The summed E-state index contributed by atoms with van der Waals surface area (Å²) in [5.74, 6) is 1.91. The number of imidazole rings is 1. The molecule has 0 aliphatic carbocycles. The number of hydrogen-bond donors (Lipinski definition) is 1. The van der Waals surface area contributed by atoms with Gasteiger partial charge in [-0.3, -0.25) is 9.69 Å². The van der Waals surface area contributed by atoms with Gasteiger partial charge >= 0.3 is 0 Å². The zero-order chi connectivity index (χ0) is 17.7. The Morgan fingerprint density at radius 3 is 2.44 bits per heavy atom. The fourth-order valence-electron chi connectivity index (χ4n) is 4.78. The summed E-state index contributed by atoms with van der Waals surface area (Å²) in [4.78, 5) is 24.9. The lowest BCUT2D eigenvalue weighted by atomic mass is 9.88. The van der Waals surface area contributed by atoms with E-state index in [2.05, 4.69) is 53.1 Å². The molecule has 0 radical (unpaired) electrons. The number of nitrogens with zero attached hydrogens (tertiary/aromatic N) is 3. The van der Waals surface area contributed by atoms with Crippen LogP contribution in [-0.2, 0) is 0 Å². The molecular weight excluding hydrogens is 383 g/mol. The van der Waals surface area contributed by atoms with E-state index in [1.807, 2.05) is 18.7 Å². The second-order valence-corrected chi connectivity index (χ2v) is 7.67. The molecule has 3 atom stereocenters. The summed E-state index contributed by atoms with van der Waals surface area (Å²) >= 11 is 0. The lowest BCUT2D eigenvalue weighted by Crippen LogP contribution is -2.34. The minimum Gasteiger partial charge on any atom is -0.346 e. The van der Waals surface area contributed by atoms with Gasteiger partial charge in [0.2, 0.25) is 0 Å². The lowest BCUT2D eigenvalue weighted by molar-refractivity contribution is 0.0761. The van der Waals surface area contributed by atoms with Gasteiger partial charge in [-0.2, -0.15) is 0 Å². The van der Waals surface area contributed by atoms with Gasteiger partial charge in [0.25, 0.3) is 5.91 Å². The maximum absolute atomic E-state index is 12.9. The van der Waals surface area contributed by atoms with Crippen LogP contribution in [-0.4, -0.2) is 52.4 Å². The van der Waals surface area contributed by atoms with E-state index in [0.717, 1.165) is 31.2 Å². The second kappa shape index (κ2) is 8.21. The molecule has 1 aromatic carbocycles. The number of nitrogens with one attached hydrogen (secondary N) is 1. The molecule has 1 N–H and O–H groups in total. The van der Waals surface area contributed by atoms with Crippen molar-refractivity contribution in [1.82, 2.24) is 19.8 Å². The lowest BCUT2D eigenvalue weighted by Gasteiger charge is -2.28. The highest BCUT2D eigenvalue weighted by molar-refractivity contribution is 5.93. The number of hydrogen-bond acceptors (Lipinski definition) is 3. The van der Waals surface area contributed by atoms with Crippen molar-refractivity contribution in [3.63, 3.8) is 0 Å². The Bertz CT molecular complexity index is 822. The molecular formula is C20H28Cl2N4O. The van der Waals surface area contributed by atoms with Gasteiger partial charge in [0.15, 0.2) is 0 Å². The van der Waals surface area contributed by atoms with E-state index >= 15 is 0 Å². The summed E-state index contributed by atoms with van der Waals surface area (Å²) in [6.45, 7) is 8.70. The first kappa shape index (κ1) is 21.7. The number of likely N-dealkylation sites (tertiary alicyclic amines) is 2. The molecule has 27 heavy (non-hydrogen) atoms. The Labute approximate surface area is 173 Å². The summed E-state index contributed by atoms with van der Waals surface area (Å²) < 4.78 is 0. The fraction of sp³-hybridized carbons (Fsp3) is 0.500. The summed E-state index contributed by atoms with van der Waals surface area (Å²) in [6, 6.07) is 9.04. The number of rotatable bonds is 2. The number of aromatic amines is 1. The third-order valence-electron chi connectivity index (χ3n) is 5.89. The maximum Gasteiger partial charge on any atom is 0.274 e. The highest BCUT2D eigenvalue weighted by Crippen LogP contribution is 2.45. The topological polar surface area (TPSA) is 52.2 Å².